The SMILES string of the molecule is Cc1ccc(Cc2ccccc2C(=O)N2CCOC3C[C@H](CO)C[C@@H]32)cc1. The minimum Gasteiger partial charge on any atom is -0.396 e. The molecule has 2 aliphatic rings. The molecule has 1 aliphatic carbocycles. The van der Waals surface area contributed by atoms with Crippen molar-refractivity contribution in [1.82, 2.24) is 4.90 Å². The standard InChI is InChI=1S/C23H27NO3/c1-16-6-8-17(9-7-16)12-19-4-2-3-5-20(19)23(26)24-10-11-27-22-14-18(15-25)13-21(22)24/h2-9,18,21-22,25H,10-15H2,1H3/t18-,21+,22?/m1/s1. The first-order valence-corrected chi connectivity index (χ1v) is 9.82. The number of hydrogen-bond acceptors (Lipinski definition) is 3. The number of rotatable bonds is 4. The molecule has 1 heterocycles. The van der Waals surface area contributed by atoms with E-state index in [1.54, 1.807) is 0 Å². The summed E-state index contributed by atoms with van der Waals surface area (Å²) in [6.07, 6.45) is 2.48. The highest BCUT2D eigenvalue weighted by molar-refractivity contribution is 5.96. The lowest BCUT2D eigenvalue weighted by molar-refractivity contribution is -0.0449. The zero-order valence-corrected chi connectivity index (χ0v) is 15.8. The summed E-state index contributed by atoms with van der Waals surface area (Å²) < 4.78 is 5.88. The second-order valence-electron chi connectivity index (χ2n) is 7.81. The van der Waals surface area contributed by atoms with Gasteiger partial charge in [-0.3, -0.25) is 4.79 Å². The zero-order chi connectivity index (χ0) is 18.8. The van der Waals surface area contributed by atoms with Crippen LogP contribution in [0.1, 0.15) is 39.9 Å². The second-order valence-corrected chi connectivity index (χ2v) is 7.81. The molecular weight excluding hydrogens is 338 g/mol. The number of nitrogens with zero attached hydrogens (tertiary/aromatic N) is 1. The van der Waals surface area contributed by atoms with E-state index in [1.807, 2.05) is 23.1 Å². The largest absolute Gasteiger partial charge is 0.396 e. The number of aryl methyl sites for hydroxylation is 1. The van der Waals surface area contributed by atoms with E-state index in [2.05, 4.69) is 37.3 Å². The van der Waals surface area contributed by atoms with Crippen LogP contribution >= 0.6 is 0 Å². The summed E-state index contributed by atoms with van der Waals surface area (Å²) >= 11 is 0. The first-order valence-electron chi connectivity index (χ1n) is 9.82. The minimum absolute atomic E-state index is 0.0594. The van der Waals surface area contributed by atoms with Crippen molar-refractivity contribution in [3.05, 3.63) is 70.8 Å². The van der Waals surface area contributed by atoms with Gasteiger partial charge in [0.2, 0.25) is 0 Å². The number of fused-ring (bicyclic) bond motifs is 1. The molecule has 1 saturated heterocycles. The van der Waals surface area contributed by atoms with Crippen molar-refractivity contribution in [3.63, 3.8) is 0 Å². The van der Waals surface area contributed by atoms with Crippen LogP contribution in [0.2, 0.25) is 0 Å². The van der Waals surface area contributed by atoms with Gasteiger partial charge in [0.05, 0.1) is 18.8 Å². The molecule has 1 unspecified atom stereocenters. The topological polar surface area (TPSA) is 49.8 Å². The van der Waals surface area contributed by atoms with Gasteiger partial charge < -0.3 is 14.7 Å². The van der Waals surface area contributed by atoms with Gasteiger partial charge in [0.1, 0.15) is 0 Å². The van der Waals surface area contributed by atoms with Gasteiger partial charge in [-0.05, 0) is 49.3 Å². The average Bonchev–Trinajstić information content (AvgIpc) is 3.13. The van der Waals surface area contributed by atoms with Crippen LogP contribution in [0, 0.1) is 12.8 Å². The monoisotopic (exact) mass is 365 g/mol. The van der Waals surface area contributed by atoms with Crippen LogP contribution in [0.25, 0.3) is 0 Å². The number of carbonyl (C=O) groups is 1. The molecule has 2 aromatic rings. The van der Waals surface area contributed by atoms with Gasteiger partial charge >= 0.3 is 0 Å². The molecule has 4 heteroatoms. The molecular formula is C23H27NO3. The van der Waals surface area contributed by atoms with E-state index in [0.29, 0.717) is 13.2 Å². The molecule has 27 heavy (non-hydrogen) atoms. The Hall–Kier alpha value is -2.17. The van der Waals surface area contributed by atoms with Gasteiger partial charge in [-0.25, -0.2) is 0 Å². The molecule has 1 aliphatic heterocycles. The number of hydrogen-bond donors (Lipinski definition) is 1. The number of aliphatic hydroxyl groups is 1. The lowest BCUT2D eigenvalue weighted by Crippen LogP contribution is -2.51. The average molecular weight is 365 g/mol. The highest BCUT2D eigenvalue weighted by Crippen LogP contribution is 2.35. The van der Waals surface area contributed by atoms with Gasteiger partial charge in [0.25, 0.3) is 5.91 Å². The molecule has 3 atom stereocenters. The van der Waals surface area contributed by atoms with Crippen LogP contribution < -0.4 is 0 Å². The van der Waals surface area contributed by atoms with Crippen LogP contribution in [0.3, 0.4) is 0 Å². The second kappa shape index (κ2) is 7.83. The van der Waals surface area contributed by atoms with Crippen molar-refractivity contribution in [2.75, 3.05) is 19.8 Å². The Labute approximate surface area is 160 Å². The van der Waals surface area contributed by atoms with E-state index in [0.717, 1.165) is 30.4 Å². The molecule has 1 amide bonds. The van der Waals surface area contributed by atoms with Crippen LogP contribution in [0.4, 0.5) is 0 Å². The number of carbonyl (C=O) groups excluding carboxylic acids is 1. The Morgan fingerprint density at radius 2 is 1.93 bits per heavy atom. The summed E-state index contributed by atoms with van der Waals surface area (Å²) in [5.74, 6) is 0.325. The first-order chi connectivity index (χ1) is 13.2. The predicted octanol–water partition coefficient (Wildman–Crippen LogP) is 3.20. The van der Waals surface area contributed by atoms with Crippen molar-refractivity contribution in [1.29, 1.82) is 0 Å². The Morgan fingerprint density at radius 1 is 1.15 bits per heavy atom. The maximum absolute atomic E-state index is 13.4. The van der Waals surface area contributed by atoms with E-state index in [-0.39, 0.29) is 30.6 Å². The number of morpholine rings is 1. The number of aliphatic hydroxyl groups excluding tert-OH is 1. The maximum Gasteiger partial charge on any atom is 0.254 e. The molecule has 142 valence electrons. The van der Waals surface area contributed by atoms with Crippen LogP contribution in [0.5, 0.6) is 0 Å². The Balaban J connectivity index is 1.57. The molecule has 0 bridgehead atoms. The lowest BCUT2D eigenvalue weighted by atomic mass is 9.97. The highest BCUT2D eigenvalue weighted by Gasteiger charge is 2.42. The van der Waals surface area contributed by atoms with E-state index < -0.39 is 0 Å². The Bertz CT molecular complexity index is 802. The third-order valence-corrected chi connectivity index (χ3v) is 5.92. The zero-order valence-electron chi connectivity index (χ0n) is 15.8. The Kier molecular flexibility index (Phi) is 5.28. The summed E-state index contributed by atoms with van der Waals surface area (Å²) in [5.41, 5.74) is 4.29. The van der Waals surface area contributed by atoms with Crippen molar-refractivity contribution >= 4 is 5.91 Å². The third kappa shape index (κ3) is 3.78. The lowest BCUT2D eigenvalue weighted by Gasteiger charge is -2.38. The van der Waals surface area contributed by atoms with Gasteiger partial charge in [-0.2, -0.15) is 0 Å². The van der Waals surface area contributed by atoms with Gasteiger partial charge in [-0.15, -0.1) is 0 Å². The fraction of sp³-hybridized carbons (Fsp3) is 0.435. The van der Waals surface area contributed by atoms with Crippen molar-refractivity contribution in [2.24, 2.45) is 5.92 Å². The van der Waals surface area contributed by atoms with E-state index in [4.69, 9.17) is 4.74 Å². The van der Waals surface area contributed by atoms with E-state index in [9.17, 15) is 9.90 Å². The quantitative estimate of drug-likeness (QED) is 0.905. The third-order valence-electron chi connectivity index (χ3n) is 5.92. The van der Waals surface area contributed by atoms with Crippen molar-refractivity contribution < 1.29 is 14.6 Å². The molecule has 4 nitrogen and oxygen atoms in total. The van der Waals surface area contributed by atoms with Crippen molar-refractivity contribution in [2.45, 2.75) is 38.3 Å². The van der Waals surface area contributed by atoms with Crippen LogP contribution in [0.15, 0.2) is 48.5 Å². The fourth-order valence-corrected chi connectivity index (χ4v) is 4.42. The van der Waals surface area contributed by atoms with Crippen LogP contribution in [-0.4, -0.2) is 47.8 Å². The maximum atomic E-state index is 13.4. The smallest absolute Gasteiger partial charge is 0.254 e. The molecule has 2 fully saturated rings. The molecule has 0 spiro atoms. The first kappa shape index (κ1) is 18.2. The molecule has 1 saturated carbocycles. The normalized spacial score (nSPS) is 24.7. The summed E-state index contributed by atoms with van der Waals surface area (Å²) in [4.78, 5) is 15.4. The summed E-state index contributed by atoms with van der Waals surface area (Å²) in [6.45, 7) is 3.45. The molecule has 0 aromatic heterocycles. The highest BCUT2D eigenvalue weighted by atomic mass is 16.5. The van der Waals surface area contributed by atoms with Gasteiger partial charge in [0.15, 0.2) is 0 Å². The number of benzene rings is 2. The summed E-state index contributed by atoms with van der Waals surface area (Å²) in [5, 5.41) is 9.52. The Morgan fingerprint density at radius 3 is 2.70 bits per heavy atom. The number of amides is 1. The fourth-order valence-electron chi connectivity index (χ4n) is 4.42. The van der Waals surface area contributed by atoms with Gasteiger partial charge in [0, 0.05) is 18.7 Å². The molecule has 0 radical (unpaired) electrons. The molecule has 2 aromatic carbocycles. The summed E-state index contributed by atoms with van der Waals surface area (Å²) in [6, 6.07) is 16.5. The summed E-state index contributed by atoms with van der Waals surface area (Å²) in [7, 11) is 0. The van der Waals surface area contributed by atoms with Crippen LogP contribution in [-0.2, 0) is 11.2 Å². The van der Waals surface area contributed by atoms with E-state index >= 15 is 0 Å². The number of ether oxygens (including phenoxy) is 1. The van der Waals surface area contributed by atoms with Crippen molar-refractivity contribution in [3.8, 4) is 0 Å². The molecule has 4 rings (SSSR count). The minimum atomic E-state index is 0.0594. The van der Waals surface area contributed by atoms with E-state index in [1.165, 1.54) is 11.1 Å². The van der Waals surface area contributed by atoms with Gasteiger partial charge in [-0.1, -0.05) is 48.0 Å². The predicted molar refractivity (Wildman–Crippen MR) is 105 cm³/mol. The molecule has 1 N–H and O–H groups in total.